The van der Waals surface area contributed by atoms with Gasteiger partial charge in [0.25, 0.3) is 5.56 Å². The van der Waals surface area contributed by atoms with Crippen LogP contribution in [0.15, 0.2) is 47.4 Å². The van der Waals surface area contributed by atoms with Gasteiger partial charge in [-0.2, -0.15) is 0 Å². The average Bonchev–Trinajstić information content (AvgIpc) is 2.90. The van der Waals surface area contributed by atoms with E-state index in [0.717, 1.165) is 5.56 Å². The first-order valence-electron chi connectivity index (χ1n) is 8.84. The zero-order valence-corrected chi connectivity index (χ0v) is 15.0. The second-order valence-electron chi connectivity index (χ2n) is 6.44. The second-order valence-corrected chi connectivity index (χ2v) is 6.44. The molecule has 0 atom stereocenters. The van der Waals surface area contributed by atoms with E-state index in [1.807, 2.05) is 30.3 Å². The second kappa shape index (κ2) is 7.04. The van der Waals surface area contributed by atoms with E-state index in [1.165, 1.54) is 0 Å². The van der Waals surface area contributed by atoms with Gasteiger partial charge in [-0.05, 0) is 36.3 Å². The van der Waals surface area contributed by atoms with Crippen molar-refractivity contribution in [2.75, 3.05) is 13.1 Å². The summed E-state index contributed by atoms with van der Waals surface area (Å²) in [6.45, 7) is 3.13. The Balaban J connectivity index is 1.73. The molecule has 1 aliphatic heterocycles. The quantitative estimate of drug-likeness (QED) is 0.573. The Kier molecular flexibility index (Phi) is 4.43. The van der Waals surface area contributed by atoms with Crippen molar-refractivity contribution in [3.8, 4) is 11.8 Å². The molecule has 134 valence electrons. The molecular weight excluding hydrogens is 340 g/mol. The molecule has 0 fully saturated rings. The molecule has 0 bridgehead atoms. The van der Waals surface area contributed by atoms with Crippen LogP contribution in [-0.2, 0) is 17.8 Å². The number of hydrogen-bond acceptors (Lipinski definition) is 4. The minimum absolute atomic E-state index is 0.0208. The molecule has 0 spiro atoms. The first kappa shape index (κ1) is 17.0. The highest BCUT2D eigenvalue weighted by Crippen LogP contribution is 2.14. The fraction of sp³-hybridized carbons (Fsp3) is 0.238. The summed E-state index contributed by atoms with van der Waals surface area (Å²) in [5.41, 5.74) is 2.04. The molecule has 3 aromatic rings. The summed E-state index contributed by atoms with van der Waals surface area (Å²) in [7, 11) is 0. The molecule has 3 heterocycles. The van der Waals surface area contributed by atoms with Crippen LogP contribution in [0.4, 0.5) is 0 Å². The van der Waals surface area contributed by atoms with Crippen molar-refractivity contribution in [3.05, 3.63) is 70.0 Å². The Bertz CT molecular complexity index is 1140. The molecule has 0 radical (unpaired) electrons. The third-order valence-corrected chi connectivity index (χ3v) is 4.68. The van der Waals surface area contributed by atoms with Gasteiger partial charge in [0.2, 0.25) is 5.91 Å². The van der Waals surface area contributed by atoms with E-state index < -0.39 is 0 Å². The first-order valence-corrected chi connectivity index (χ1v) is 8.84. The number of nitrogens with zero attached hydrogens (tertiary/aromatic N) is 4. The topological polar surface area (TPSA) is 68.1 Å². The van der Waals surface area contributed by atoms with Crippen LogP contribution in [0.3, 0.4) is 0 Å². The zero-order valence-electron chi connectivity index (χ0n) is 15.0. The smallest absolute Gasteiger partial charge is 0.261 e. The van der Waals surface area contributed by atoms with Crippen molar-refractivity contribution in [1.82, 2.24) is 19.4 Å². The van der Waals surface area contributed by atoms with Crippen molar-refractivity contribution in [2.24, 2.45) is 0 Å². The SMILES string of the molecule is CC(=O)N1CCc2nc3cc(C#Cc4ccccn4)ccc3c(=O)n2CC1. The van der Waals surface area contributed by atoms with Crippen LogP contribution in [0, 0.1) is 11.8 Å². The summed E-state index contributed by atoms with van der Waals surface area (Å²) < 4.78 is 1.69. The maximum absolute atomic E-state index is 12.9. The summed E-state index contributed by atoms with van der Waals surface area (Å²) in [5.74, 6) is 6.82. The summed E-state index contributed by atoms with van der Waals surface area (Å²) in [6, 6.07) is 11.0. The molecule has 1 amide bonds. The molecule has 4 rings (SSSR count). The predicted molar refractivity (Wildman–Crippen MR) is 102 cm³/mol. The Labute approximate surface area is 156 Å². The first-order chi connectivity index (χ1) is 13.1. The normalized spacial score (nSPS) is 13.4. The van der Waals surface area contributed by atoms with Crippen LogP contribution in [0.2, 0.25) is 0 Å². The van der Waals surface area contributed by atoms with Crippen molar-refractivity contribution in [1.29, 1.82) is 0 Å². The van der Waals surface area contributed by atoms with Gasteiger partial charge in [0, 0.05) is 44.7 Å². The lowest BCUT2D eigenvalue weighted by atomic mass is 10.1. The van der Waals surface area contributed by atoms with Crippen LogP contribution in [0.25, 0.3) is 10.9 Å². The van der Waals surface area contributed by atoms with Gasteiger partial charge in [0.1, 0.15) is 11.5 Å². The molecule has 0 N–H and O–H groups in total. The minimum Gasteiger partial charge on any atom is -0.341 e. The maximum Gasteiger partial charge on any atom is 0.261 e. The van der Waals surface area contributed by atoms with Crippen molar-refractivity contribution in [3.63, 3.8) is 0 Å². The van der Waals surface area contributed by atoms with Crippen molar-refractivity contribution >= 4 is 16.8 Å². The highest BCUT2D eigenvalue weighted by atomic mass is 16.2. The van der Waals surface area contributed by atoms with E-state index in [2.05, 4.69) is 21.8 Å². The van der Waals surface area contributed by atoms with E-state index in [0.29, 0.717) is 48.5 Å². The van der Waals surface area contributed by atoms with Gasteiger partial charge in [-0.3, -0.25) is 14.2 Å². The molecule has 0 unspecified atom stereocenters. The van der Waals surface area contributed by atoms with Gasteiger partial charge in [-0.15, -0.1) is 0 Å². The molecule has 0 saturated heterocycles. The Morgan fingerprint density at radius 3 is 2.78 bits per heavy atom. The molecule has 6 heteroatoms. The highest BCUT2D eigenvalue weighted by molar-refractivity contribution is 5.79. The average molecular weight is 358 g/mol. The van der Waals surface area contributed by atoms with Crippen molar-refractivity contribution in [2.45, 2.75) is 19.9 Å². The monoisotopic (exact) mass is 358 g/mol. The molecule has 2 aromatic heterocycles. The summed E-state index contributed by atoms with van der Waals surface area (Å²) in [4.78, 5) is 35.1. The lowest BCUT2D eigenvalue weighted by Crippen LogP contribution is -2.32. The van der Waals surface area contributed by atoms with Gasteiger partial charge >= 0.3 is 0 Å². The third-order valence-electron chi connectivity index (χ3n) is 4.68. The van der Waals surface area contributed by atoms with E-state index in [1.54, 1.807) is 28.7 Å². The third kappa shape index (κ3) is 3.44. The number of benzene rings is 1. The van der Waals surface area contributed by atoms with Crippen LogP contribution < -0.4 is 5.56 Å². The lowest BCUT2D eigenvalue weighted by molar-refractivity contribution is -0.128. The maximum atomic E-state index is 12.9. The molecule has 1 aromatic carbocycles. The van der Waals surface area contributed by atoms with Gasteiger partial charge in [0.05, 0.1) is 10.9 Å². The summed E-state index contributed by atoms with van der Waals surface area (Å²) in [6.07, 6.45) is 2.26. The molecule has 0 aliphatic carbocycles. The molecule has 0 saturated carbocycles. The molecule has 1 aliphatic rings. The minimum atomic E-state index is -0.0652. The number of pyridine rings is 1. The van der Waals surface area contributed by atoms with Crippen LogP contribution in [0.1, 0.15) is 24.0 Å². The largest absolute Gasteiger partial charge is 0.341 e. The molecular formula is C21H18N4O2. The van der Waals surface area contributed by atoms with Gasteiger partial charge in [-0.25, -0.2) is 9.97 Å². The highest BCUT2D eigenvalue weighted by Gasteiger charge is 2.18. The number of fused-ring (bicyclic) bond motifs is 2. The van der Waals surface area contributed by atoms with Gasteiger partial charge in [0.15, 0.2) is 0 Å². The van der Waals surface area contributed by atoms with E-state index in [9.17, 15) is 9.59 Å². The number of amides is 1. The van der Waals surface area contributed by atoms with Gasteiger partial charge < -0.3 is 4.90 Å². The summed E-state index contributed by atoms with van der Waals surface area (Å²) >= 11 is 0. The number of hydrogen-bond donors (Lipinski definition) is 0. The Morgan fingerprint density at radius 2 is 2.00 bits per heavy atom. The fourth-order valence-corrected chi connectivity index (χ4v) is 3.22. The Hall–Kier alpha value is -3.46. The number of aromatic nitrogens is 3. The number of rotatable bonds is 0. The van der Waals surface area contributed by atoms with E-state index in [4.69, 9.17) is 0 Å². The number of carbonyl (C=O) groups is 1. The zero-order chi connectivity index (χ0) is 18.8. The summed E-state index contributed by atoms with van der Waals surface area (Å²) in [5, 5.41) is 0.568. The molecule has 6 nitrogen and oxygen atoms in total. The standard InChI is InChI=1S/C21H18N4O2/c1-15(26)24-11-9-20-23-19-14-16(5-7-17-4-2-3-10-22-17)6-8-18(19)21(27)25(20)13-12-24/h2-4,6,8,10,14H,9,11-13H2,1H3. The lowest BCUT2D eigenvalue weighted by Gasteiger charge is -2.16. The number of carbonyl (C=O) groups excluding carboxylic acids is 1. The predicted octanol–water partition coefficient (Wildman–Crippen LogP) is 1.60. The van der Waals surface area contributed by atoms with Crippen LogP contribution in [-0.4, -0.2) is 38.4 Å². The van der Waals surface area contributed by atoms with Crippen LogP contribution >= 0.6 is 0 Å². The molecule has 27 heavy (non-hydrogen) atoms. The Morgan fingerprint density at radius 1 is 1.11 bits per heavy atom. The van der Waals surface area contributed by atoms with E-state index in [-0.39, 0.29) is 11.5 Å². The van der Waals surface area contributed by atoms with Crippen molar-refractivity contribution < 1.29 is 4.79 Å². The van der Waals surface area contributed by atoms with E-state index >= 15 is 0 Å². The van der Waals surface area contributed by atoms with Crippen LogP contribution in [0.5, 0.6) is 0 Å². The fourth-order valence-electron chi connectivity index (χ4n) is 3.22. The van der Waals surface area contributed by atoms with Gasteiger partial charge in [-0.1, -0.05) is 12.0 Å².